The van der Waals surface area contributed by atoms with E-state index < -0.39 is 0 Å². The minimum Gasteiger partial charge on any atom is -0.325 e. The van der Waals surface area contributed by atoms with Crippen LogP contribution in [-0.4, -0.2) is 29.6 Å². The Morgan fingerprint density at radius 1 is 1.44 bits per heavy atom. The second kappa shape index (κ2) is 4.36. The first kappa shape index (κ1) is 11.9. The average Bonchev–Trinajstić information content (AvgIpc) is 2.78. The van der Waals surface area contributed by atoms with Gasteiger partial charge in [-0.15, -0.1) is 0 Å². The third-order valence-electron chi connectivity index (χ3n) is 4.22. The van der Waals surface area contributed by atoms with Crippen LogP contribution in [0, 0.1) is 5.41 Å². The van der Waals surface area contributed by atoms with Crippen molar-refractivity contribution >= 4 is 5.91 Å². The van der Waals surface area contributed by atoms with Gasteiger partial charge in [-0.3, -0.25) is 10.1 Å². The van der Waals surface area contributed by atoms with Crippen molar-refractivity contribution in [3.63, 3.8) is 0 Å². The molecule has 0 spiro atoms. The maximum atomic E-state index is 12.1. The van der Waals surface area contributed by atoms with Crippen LogP contribution in [0.15, 0.2) is 0 Å². The predicted octanol–water partition coefficient (Wildman–Crippen LogP) is 2.12. The summed E-state index contributed by atoms with van der Waals surface area (Å²) in [6, 6.07) is 0.00922. The Labute approximate surface area is 98.6 Å². The Balaban J connectivity index is 2.04. The summed E-state index contributed by atoms with van der Waals surface area (Å²) in [5.74, 6) is 0.292. The summed E-state index contributed by atoms with van der Waals surface area (Å²) in [4.78, 5) is 14.1. The number of carbonyl (C=O) groups is 1. The summed E-state index contributed by atoms with van der Waals surface area (Å²) < 4.78 is 0. The zero-order valence-corrected chi connectivity index (χ0v) is 10.8. The Morgan fingerprint density at radius 2 is 2.06 bits per heavy atom. The van der Waals surface area contributed by atoms with Crippen LogP contribution in [0.2, 0.25) is 0 Å². The molecule has 1 amide bonds. The van der Waals surface area contributed by atoms with Crippen molar-refractivity contribution < 1.29 is 4.79 Å². The largest absolute Gasteiger partial charge is 0.325 e. The van der Waals surface area contributed by atoms with Crippen molar-refractivity contribution in [2.45, 2.75) is 65.1 Å². The molecule has 0 radical (unpaired) electrons. The lowest BCUT2D eigenvalue weighted by molar-refractivity contribution is -0.131. The molecule has 1 N–H and O–H groups in total. The minimum absolute atomic E-state index is 0.00922. The number of nitrogens with zero attached hydrogens (tertiary/aromatic N) is 1. The van der Waals surface area contributed by atoms with E-state index in [1.54, 1.807) is 0 Å². The third-order valence-corrected chi connectivity index (χ3v) is 4.22. The molecule has 3 nitrogen and oxygen atoms in total. The van der Waals surface area contributed by atoms with Crippen LogP contribution < -0.4 is 5.32 Å². The molecule has 2 aliphatic rings. The molecule has 2 rings (SSSR count). The number of carbonyl (C=O) groups excluding carboxylic acids is 1. The van der Waals surface area contributed by atoms with Crippen molar-refractivity contribution in [1.82, 2.24) is 10.2 Å². The van der Waals surface area contributed by atoms with Crippen LogP contribution in [0.5, 0.6) is 0 Å². The van der Waals surface area contributed by atoms with Gasteiger partial charge in [-0.05, 0) is 31.6 Å². The fraction of sp³-hybridized carbons (Fsp3) is 0.923. The lowest BCUT2D eigenvalue weighted by Crippen LogP contribution is -2.42. The fourth-order valence-electron chi connectivity index (χ4n) is 3.18. The molecule has 2 unspecified atom stereocenters. The zero-order chi connectivity index (χ0) is 11.8. The van der Waals surface area contributed by atoms with Gasteiger partial charge in [0.1, 0.15) is 0 Å². The topological polar surface area (TPSA) is 32.3 Å². The maximum absolute atomic E-state index is 12.1. The molecule has 1 saturated heterocycles. The summed E-state index contributed by atoms with van der Waals surface area (Å²) in [6.45, 7) is 7.40. The van der Waals surface area contributed by atoms with Crippen LogP contribution in [0.1, 0.15) is 52.9 Å². The Kier molecular flexibility index (Phi) is 3.24. The molecule has 1 aliphatic carbocycles. The van der Waals surface area contributed by atoms with Crippen molar-refractivity contribution in [1.29, 1.82) is 0 Å². The number of hydrogen-bond acceptors (Lipinski definition) is 2. The molecule has 0 aromatic rings. The molecule has 1 heterocycles. The third kappa shape index (κ3) is 2.10. The highest BCUT2D eigenvalue weighted by Crippen LogP contribution is 2.39. The smallest absolute Gasteiger partial charge is 0.240 e. The van der Waals surface area contributed by atoms with E-state index in [0.717, 1.165) is 13.0 Å². The van der Waals surface area contributed by atoms with Gasteiger partial charge in [-0.25, -0.2) is 0 Å². The predicted molar refractivity (Wildman–Crippen MR) is 65.0 cm³/mol. The molecule has 0 aromatic carbocycles. The number of nitrogens with one attached hydrogen (secondary N) is 1. The molecule has 1 aliphatic heterocycles. The molecule has 1 saturated carbocycles. The summed E-state index contributed by atoms with van der Waals surface area (Å²) in [6.07, 6.45) is 6.49. The molecule has 0 bridgehead atoms. The SMILES string of the molecule is CCC1NC(C)C(=O)N1CC1(C)CCCC1. The Morgan fingerprint density at radius 3 is 2.62 bits per heavy atom. The Hall–Kier alpha value is -0.570. The molecular formula is C13H24N2O. The van der Waals surface area contributed by atoms with Crippen LogP contribution in [-0.2, 0) is 4.79 Å². The van der Waals surface area contributed by atoms with E-state index in [0.29, 0.717) is 11.3 Å². The van der Waals surface area contributed by atoms with Crippen LogP contribution in [0.3, 0.4) is 0 Å². The zero-order valence-electron chi connectivity index (χ0n) is 10.8. The van der Waals surface area contributed by atoms with Crippen molar-refractivity contribution in [3.8, 4) is 0 Å². The normalized spacial score (nSPS) is 33.7. The van der Waals surface area contributed by atoms with Gasteiger partial charge in [0.25, 0.3) is 0 Å². The van der Waals surface area contributed by atoms with E-state index in [1.807, 2.05) is 6.92 Å². The number of rotatable bonds is 3. The maximum Gasteiger partial charge on any atom is 0.240 e. The lowest BCUT2D eigenvalue weighted by Gasteiger charge is -2.33. The lowest BCUT2D eigenvalue weighted by atomic mass is 9.88. The summed E-state index contributed by atoms with van der Waals surface area (Å²) in [7, 11) is 0. The van der Waals surface area contributed by atoms with E-state index in [1.165, 1.54) is 25.7 Å². The van der Waals surface area contributed by atoms with Crippen molar-refractivity contribution in [3.05, 3.63) is 0 Å². The average molecular weight is 224 g/mol. The van der Waals surface area contributed by atoms with Gasteiger partial charge in [0.15, 0.2) is 0 Å². The molecule has 0 aromatic heterocycles. The summed E-state index contributed by atoms with van der Waals surface area (Å²) in [5, 5.41) is 3.37. The fourth-order valence-corrected chi connectivity index (χ4v) is 3.18. The second-order valence-electron chi connectivity index (χ2n) is 5.80. The molecule has 92 valence electrons. The summed E-state index contributed by atoms with van der Waals surface area (Å²) >= 11 is 0. The first-order valence-electron chi connectivity index (χ1n) is 6.62. The van der Waals surface area contributed by atoms with Crippen molar-refractivity contribution in [2.24, 2.45) is 5.41 Å². The molecule has 3 heteroatoms. The van der Waals surface area contributed by atoms with Crippen molar-refractivity contribution in [2.75, 3.05) is 6.54 Å². The van der Waals surface area contributed by atoms with Gasteiger partial charge in [0.05, 0.1) is 12.2 Å². The Bertz CT molecular complexity index is 271. The first-order valence-corrected chi connectivity index (χ1v) is 6.62. The molecular weight excluding hydrogens is 200 g/mol. The minimum atomic E-state index is 0.00922. The first-order chi connectivity index (χ1) is 7.56. The highest BCUT2D eigenvalue weighted by Gasteiger charge is 2.40. The van der Waals surface area contributed by atoms with Crippen LogP contribution in [0.25, 0.3) is 0 Å². The van der Waals surface area contributed by atoms with E-state index in [2.05, 4.69) is 24.1 Å². The van der Waals surface area contributed by atoms with E-state index in [-0.39, 0.29) is 12.2 Å². The standard InChI is InChI=1S/C13H24N2O/c1-4-11-14-10(2)12(16)15(11)9-13(3)7-5-6-8-13/h10-11,14H,4-9H2,1-3H3. The quantitative estimate of drug-likeness (QED) is 0.796. The van der Waals surface area contributed by atoms with Gasteiger partial charge in [0, 0.05) is 6.54 Å². The van der Waals surface area contributed by atoms with Gasteiger partial charge in [0.2, 0.25) is 5.91 Å². The summed E-state index contributed by atoms with van der Waals surface area (Å²) in [5.41, 5.74) is 0.370. The van der Waals surface area contributed by atoms with Crippen LogP contribution in [0.4, 0.5) is 0 Å². The molecule has 2 atom stereocenters. The van der Waals surface area contributed by atoms with E-state index in [9.17, 15) is 4.79 Å². The monoisotopic (exact) mass is 224 g/mol. The highest BCUT2D eigenvalue weighted by molar-refractivity contribution is 5.83. The molecule has 16 heavy (non-hydrogen) atoms. The second-order valence-corrected chi connectivity index (χ2v) is 5.80. The number of amides is 1. The van der Waals surface area contributed by atoms with Gasteiger partial charge in [-0.2, -0.15) is 0 Å². The molecule has 2 fully saturated rings. The van der Waals surface area contributed by atoms with E-state index in [4.69, 9.17) is 0 Å². The van der Waals surface area contributed by atoms with Crippen LogP contribution >= 0.6 is 0 Å². The number of hydrogen-bond donors (Lipinski definition) is 1. The van der Waals surface area contributed by atoms with Gasteiger partial charge in [-0.1, -0.05) is 26.7 Å². The van der Waals surface area contributed by atoms with E-state index >= 15 is 0 Å². The highest BCUT2D eigenvalue weighted by atomic mass is 16.2. The van der Waals surface area contributed by atoms with Gasteiger partial charge >= 0.3 is 0 Å². The van der Waals surface area contributed by atoms with Gasteiger partial charge < -0.3 is 4.90 Å².